The van der Waals surface area contributed by atoms with E-state index in [-0.39, 0.29) is 43.2 Å². The molecule has 2 atom stereocenters. The number of nitrogens with one attached hydrogen (secondary N) is 2. The molecule has 4 aliphatic rings. The molecule has 1 saturated heterocycles. The quantitative estimate of drug-likeness (QED) is 0.412. The Hall–Kier alpha value is -4.17. The molecule has 4 amide bonds. The number of ether oxygens (including phenoxy) is 5. The molecule has 2 aromatic carbocycles. The fourth-order valence-corrected chi connectivity index (χ4v) is 7.11. The molecule has 1 fully saturated rings. The lowest BCUT2D eigenvalue weighted by atomic mass is 10.1. The van der Waals surface area contributed by atoms with E-state index in [9.17, 15) is 19.2 Å². The zero-order valence-corrected chi connectivity index (χ0v) is 29.7. The number of carbonyl (C=O) groups excluding carboxylic acids is 4. The summed E-state index contributed by atoms with van der Waals surface area (Å²) in [4.78, 5) is 56.7. The molecule has 13 nitrogen and oxygen atoms in total. The van der Waals surface area contributed by atoms with E-state index in [2.05, 4.69) is 10.6 Å². The first-order valence-corrected chi connectivity index (χ1v) is 18.3. The van der Waals surface area contributed by atoms with Crippen LogP contribution in [0.25, 0.3) is 0 Å². The third-order valence-electron chi connectivity index (χ3n) is 8.85. The Balaban J connectivity index is 1.26. The van der Waals surface area contributed by atoms with Gasteiger partial charge in [0, 0.05) is 63.2 Å². The van der Waals surface area contributed by atoms with Crippen molar-refractivity contribution in [2.45, 2.75) is 62.0 Å². The number of nitrogens with zero attached hydrogens (tertiary/aromatic N) is 2. The van der Waals surface area contributed by atoms with E-state index in [1.807, 2.05) is 36.4 Å². The van der Waals surface area contributed by atoms with Gasteiger partial charge in [0.05, 0.1) is 13.7 Å². The van der Waals surface area contributed by atoms with Crippen molar-refractivity contribution in [2.75, 3.05) is 72.5 Å². The maximum Gasteiger partial charge on any atom is 0.248 e. The Morgan fingerprint density at radius 3 is 2.50 bits per heavy atom. The molecule has 4 bridgehead atoms. The number of thioether (sulfide) groups is 1. The molecule has 0 aromatic heterocycles. The summed E-state index contributed by atoms with van der Waals surface area (Å²) in [5.41, 5.74) is 0.916. The summed E-state index contributed by atoms with van der Waals surface area (Å²) in [6, 6.07) is 10.6. The van der Waals surface area contributed by atoms with Gasteiger partial charge in [-0.2, -0.15) is 0 Å². The molecule has 0 radical (unpaired) electrons. The molecule has 0 spiro atoms. The average Bonchev–Trinajstić information content (AvgIpc) is 3.55. The van der Waals surface area contributed by atoms with E-state index in [1.54, 1.807) is 28.7 Å². The van der Waals surface area contributed by atoms with Gasteiger partial charge in [0.15, 0.2) is 23.0 Å². The number of methoxy groups -OCH3 is 2. The van der Waals surface area contributed by atoms with Crippen LogP contribution in [0.5, 0.6) is 23.0 Å². The van der Waals surface area contributed by atoms with Crippen LogP contribution in [0, 0.1) is 0 Å². The van der Waals surface area contributed by atoms with Gasteiger partial charge in [-0.05, 0) is 61.6 Å². The van der Waals surface area contributed by atoms with E-state index < -0.39 is 12.1 Å². The normalized spacial score (nSPS) is 20.5. The third-order valence-corrected chi connectivity index (χ3v) is 9.84. The molecule has 272 valence electrons. The summed E-state index contributed by atoms with van der Waals surface area (Å²) in [5, 5.41) is 5.96. The van der Waals surface area contributed by atoms with Crippen molar-refractivity contribution in [1.29, 1.82) is 0 Å². The Kier molecular flexibility index (Phi) is 13.9. The largest absolute Gasteiger partial charge is 0.493 e. The van der Waals surface area contributed by atoms with Crippen LogP contribution in [0.3, 0.4) is 0 Å². The SMILES string of the molecule is COCC(=O)N1CCCCNC(=O)[C@@H]2C[C@@H](CN2C(=O)CCSc2ccc3c(c2)OCCO3)Oc2ccc(cc2OC)CCC(=O)NCCC1. The molecule has 0 aliphatic carbocycles. The van der Waals surface area contributed by atoms with E-state index in [4.69, 9.17) is 23.7 Å². The van der Waals surface area contributed by atoms with E-state index >= 15 is 0 Å². The Bertz CT molecular complexity index is 1490. The van der Waals surface area contributed by atoms with Crippen molar-refractivity contribution in [2.24, 2.45) is 0 Å². The van der Waals surface area contributed by atoms with Gasteiger partial charge >= 0.3 is 0 Å². The average molecular weight is 713 g/mol. The zero-order valence-electron chi connectivity index (χ0n) is 28.9. The maximum atomic E-state index is 13.6. The summed E-state index contributed by atoms with van der Waals surface area (Å²) in [7, 11) is 3.04. The number of likely N-dealkylation sites (tertiary alicyclic amines) is 1. The van der Waals surface area contributed by atoms with Crippen molar-refractivity contribution < 1.29 is 42.9 Å². The minimum Gasteiger partial charge on any atom is -0.493 e. The molecule has 6 rings (SSSR count). The van der Waals surface area contributed by atoms with Crippen LogP contribution in [0.4, 0.5) is 0 Å². The molecule has 2 N–H and O–H groups in total. The molecular weight excluding hydrogens is 664 g/mol. The van der Waals surface area contributed by atoms with Gasteiger partial charge in [0.2, 0.25) is 23.6 Å². The highest BCUT2D eigenvalue weighted by molar-refractivity contribution is 7.99. The Morgan fingerprint density at radius 1 is 0.900 bits per heavy atom. The second kappa shape index (κ2) is 18.7. The fraction of sp³-hybridized carbons (Fsp3) is 0.556. The molecule has 4 heterocycles. The third kappa shape index (κ3) is 10.4. The number of hydrogen-bond acceptors (Lipinski definition) is 10. The molecule has 50 heavy (non-hydrogen) atoms. The first-order valence-electron chi connectivity index (χ1n) is 17.3. The first kappa shape index (κ1) is 37.1. The van der Waals surface area contributed by atoms with Crippen LogP contribution in [0.15, 0.2) is 41.3 Å². The highest BCUT2D eigenvalue weighted by Crippen LogP contribution is 2.35. The van der Waals surface area contributed by atoms with E-state index in [0.29, 0.717) is 107 Å². The van der Waals surface area contributed by atoms with Crippen LogP contribution >= 0.6 is 11.8 Å². The number of benzene rings is 2. The highest BCUT2D eigenvalue weighted by Gasteiger charge is 2.40. The lowest BCUT2D eigenvalue weighted by Gasteiger charge is -2.24. The predicted molar refractivity (Wildman–Crippen MR) is 187 cm³/mol. The van der Waals surface area contributed by atoms with Gasteiger partial charge < -0.3 is 44.1 Å². The lowest BCUT2D eigenvalue weighted by Crippen LogP contribution is -2.46. The summed E-state index contributed by atoms with van der Waals surface area (Å²) in [5.74, 6) is 2.45. The van der Waals surface area contributed by atoms with Crippen LogP contribution < -0.4 is 29.6 Å². The number of rotatable bonds is 7. The number of fused-ring (bicyclic) bond motifs is 16. The first-order chi connectivity index (χ1) is 24.3. The molecule has 0 unspecified atom stereocenters. The topological polar surface area (TPSA) is 145 Å². The molecule has 2 aromatic rings. The van der Waals surface area contributed by atoms with Gasteiger partial charge in [-0.3, -0.25) is 19.2 Å². The molecule has 0 saturated carbocycles. The Labute approximate surface area is 297 Å². The number of hydrogen-bond donors (Lipinski definition) is 2. The summed E-state index contributed by atoms with van der Waals surface area (Å²) >= 11 is 1.55. The molecule has 4 aliphatic heterocycles. The number of carbonyl (C=O) groups is 4. The Morgan fingerprint density at radius 2 is 1.68 bits per heavy atom. The monoisotopic (exact) mass is 712 g/mol. The minimum absolute atomic E-state index is 0.0185. The van der Waals surface area contributed by atoms with Gasteiger partial charge in [-0.15, -0.1) is 11.8 Å². The van der Waals surface area contributed by atoms with E-state index in [1.165, 1.54) is 7.11 Å². The highest BCUT2D eigenvalue weighted by atomic mass is 32.2. The fourth-order valence-electron chi connectivity index (χ4n) is 6.24. The van der Waals surface area contributed by atoms with Gasteiger partial charge in [-0.25, -0.2) is 0 Å². The minimum atomic E-state index is -0.687. The molecular formula is C36H48N4O9S. The van der Waals surface area contributed by atoms with Gasteiger partial charge in [0.25, 0.3) is 0 Å². The standard InChI is InChI=1S/C36H48N4O9S/c1-45-24-35(43)39-15-4-3-13-38-36(44)28-21-26(49-30-9-6-25(20-31(30)46-2)7-11-33(41)37-14-5-16-39)23-40(28)34(42)12-19-50-27-8-10-29-32(22-27)48-18-17-47-29/h6,8-10,20,22,26,28H,3-5,7,11-19,21,23-24H2,1-2H3,(H,37,41)(H,38,44)/t26-,28-/m0/s1. The summed E-state index contributed by atoms with van der Waals surface area (Å²) in [6.45, 7) is 3.12. The van der Waals surface area contributed by atoms with Crippen molar-refractivity contribution >= 4 is 35.4 Å². The second-order valence-corrected chi connectivity index (χ2v) is 13.6. The van der Waals surface area contributed by atoms with Crippen LogP contribution in [0.2, 0.25) is 0 Å². The van der Waals surface area contributed by atoms with Crippen LogP contribution in [0.1, 0.15) is 44.1 Å². The van der Waals surface area contributed by atoms with Crippen molar-refractivity contribution in [1.82, 2.24) is 20.4 Å². The lowest BCUT2D eigenvalue weighted by molar-refractivity contribution is -0.138. The number of aryl methyl sites for hydroxylation is 1. The predicted octanol–water partition coefficient (Wildman–Crippen LogP) is 2.82. The van der Waals surface area contributed by atoms with Crippen LogP contribution in [-0.4, -0.2) is 118 Å². The van der Waals surface area contributed by atoms with Gasteiger partial charge in [0.1, 0.15) is 32.0 Å². The zero-order chi connectivity index (χ0) is 35.3. The maximum absolute atomic E-state index is 13.6. The smallest absolute Gasteiger partial charge is 0.248 e. The van der Waals surface area contributed by atoms with Gasteiger partial charge in [-0.1, -0.05) is 6.07 Å². The molecule has 14 heteroatoms. The van der Waals surface area contributed by atoms with Crippen molar-refractivity contribution in [3.63, 3.8) is 0 Å². The van der Waals surface area contributed by atoms with E-state index in [0.717, 1.165) is 10.5 Å². The summed E-state index contributed by atoms with van der Waals surface area (Å²) in [6.07, 6.45) is 2.90. The van der Waals surface area contributed by atoms with Crippen molar-refractivity contribution in [3.8, 4) is 23.0 Å². The second-order valence-electron chi connectivity index (χ2n) is 12.4. The van der Waals surface area contributed by atoms with Crippen molar-refractivity contribution in [3.05, 3.63) is 42.0 Å². The summed E-state index contributed by atoms with van der Waals surface area (Å²) < 4.78 is 28.4. The van der Waals surface area contributed by atoms with Crippen LogP contribution in [-0.2, 0) is 30.3 Å². The number of amides is 4.